The van der Waals surface area contributed by atoms with Crippen LogP contribution < -0.4 is 5.32 Å². The first-order valence-corrected chi connectivity index (χ1v) is 6.83. The molecule has 100 valence electrons. The summed E-state index contributed by atoms with van der Waals surface area (Å²) in [4.78, 5) is 8.79. The van der Waals surface area contributed by atoms with E-state index in [2.05, 4.69) is 29.1 Å². The number of nitrogens with one attached hydrogen (secondary N) is 1. The summed E-state index contributed by atoms with van der Waals surface area (Å²) < 4.78 is 0. The van der Waals surface area contributed by atoms with Gasteiger partial charge in [0, 0.05) is 22.8 Å². The van der Waals surface area contributed by atoms with Gasteiger partial charge in [0.1, 0.15) is 11.6 Å². The minimum atomic E-state index is 0.177. The first-order valence-electron chi connectivity index (χ1n) is 6.45. The Hall–Kier alpha value is -1.61. The van der Waals surface area contributed by atoms with Gasteiger partial charge in [0.05, 0.1) is 0 Å². The molecule has 1 N–H and O–H groups in total. The van der Waals surface area contributed by atoms with Crippen molar-refractivity contribution in [3.8, 4) is 0 Å². The van der Waals surface area contributed by atoms with Gasteiger partial charge in [0.2, 0.25) is 0 Å². The Kier molecular flexibility index (Phi) is 4.38. The normalized spacial score (nSPS) is 12.2. The number of rotatable bonds is 4. The van der Waals surface area contributed by atoms with Crippen LogP contribution in [0.4, 0.5) is 5.82 Å². The second-order valence-electron chi connectivity index (χ2n) is 4.56. The van der Waals surface area contributed by atoms with E-state index in [1.165, 1.54) is 5.56 Å². The van der Waals surface area contributed by atoms with Gasteiger partial charge in [0.25, 0.3) is 0 Å². The molecule has 0 radical (unpaired) electrons. The van der Waals surface area contributed by atoms with Gasteiger partial charge in [-0.3, -0.25) is 0 Å². The highest BCUT2D eigenvalue weighted by Gasteiger charge is 2.07. The number of aromatic nitrogens is 2. The highest BCUT2D eigenvalue weighted by molar-refractivity contribution is 6.30. The molecule has 1 atom stereocenters. The van der Waals surface area contributed by atoms with Crippen molar-refractivity contribution in [1.29, 1.82) is 0 Å². The lowest BCUT2D eigenvalue weighted by molar-refractivity contribution is 0.858. The van der Waals surface area contributed by atoms with Gasteiger partial charge in [-0.25, -0.2) is 9.97 Å². The van der Waals surface area contributed by atoms with Crippen molar-refractivity contribution in [1.82, 2.24) is 9.97 Å². The summed E-state index contributed by atoms with van der Waals surface area (Å²) in [5.74, 6) is 1.66. The van der Waals surface area contributed by atoms with E-state index in [1.807, 2.05) is 37.3 Å². The fraction of sp³-hybridized carbons (Fsp3) is 0.333. The van der Waals surface area contributed by atoms with E-state index in [9.17, 15) is 0 Å². The summed E-state index contributed by atoms with van der Waals surface area (Å²) in [5, 5.41) is 4.15. The van der Waals surface area contributed by atoms with Crippen LogP contribution in [0.25, 0.3) is 0 Å². The zero-order valence-corrected chi connectivity index (χ0v) is 12.2. The fourth-order valence-electron chi connectivity index (χ4n) is 1.94. The van der Waals surface area contributed by atoms with Crippen LogP contribution in [0, 0.1) is 6.92 Å². The van der Waals surface area contributed by atoms with Crippen LogP contribution in [-0.2, 0) is 6.42 Å². The molecular formula is C15H18ClN3. The fourth-order valence-corrected chi connectivity index (χ4v) is 2.07. The maximum atomic E-state index is 5.90. The lowest BCUT2D eigenvalue weighted by atomic mass is 10.1. The smallest absolute Gasteiger partial charge is 0.130 e. The summed E-state index contributed by atoms with van der Waals surface area (Å²) in [5.41, 5.74) is 2.23. The van der Waals surface area contributed by atoms with Crippen LogP contribution in [0.15, 0.2) is 30.3 Å². The SMILES string of the molecule is CCc1cc(NC(C)c2ccc(Cl)cc2)nc(C)n1. The number of hydrogen-bond donors (Lipinski definition) is 1. The second-order valence-corrected chi connectivity index (χ2v) is 5.00. The predicted octanol–water partition coefficient (Wildman–Crippen LogP) is 4.17. The van der Waals surface area contributed by atoms with E-state index in [0.717, 1.165) is 28.8 Å². The van der Waals surface area contributed by atoms with Gasteiger partial charge in [-0.15, -0.1) is 0 Å². The minimum absolute atomic E-state index is 0.177. The van der Waals surface area contributed by atoms with Crippen molar-refractivity contribution in [3.05, 3.63) is 52.4 Å². The standard InChI is InChI=1S/C15H18ClN3/c1-4-14-9-15(19-11(3)18-14)17-10(2)12-5-7-13(16)8-6-12/h5-10H,4H2,1-3H3,(H,17,18,19). The molecule has 0 amide bonds. The average Bonchev–Trinajstić information content (AvgIpc) is 2.38. The molecule has 2 aromatic rings. The highest BCUT2D eigenvalue weighted by atomic mass is 35.5. The molecule has 0 bridgehead atoms. The lowest BCUT2D eigenvalue weighted by Crippen LogP contribution is -2.09. The minimum Gasteiger partial charge on any atom is -0.363 e. The van der Waals surface area contributed by atoms with Crippen molar-refractivity contribution in [2.75, 3.05) is 5.32 Å². The van der Waals surface area contributed by atoms with Crippen molar-refractivity contribution in [3.63, 3.8) is 0 Å². The monoisotopic (exact) mass is 275 g/mol. The number of halogens is 1. The van der Waals surface area contributed by atoms with Crippen LogP contribution in [0.1, 0.15) is 37.0 Å². The molecule has 3 nitrogen and oxygen atoms in total. The molecule has 0 fully saturated rings. The molecule has 1 aromatic carbocycles. The highest BCUT2D eigenvalue weighted by Crippen LogP contribution is 2.20. The molecular weight excluding hydrogens is 258 g/mol. The number of hydrogen-bond acceptors (Lipinski definition) is 3. The zero-order valence-electron chi connectivity index (χ0n) is 11.4. The lowest BCUT2D eigenvalue weighted by Gasteiger charge is -2.16. The van der Waals surface area contributed by atoms with E-state index in [1.54, 1.807) is 0 Å². The topological polar surface area (TPSA) is 37.8 Å². The van der Waals surface area contributed by atoms with Gasteiger partial charge in [-0.1, -0.05) is 30.7 Å². The Morgan fingerprint density at radius 3 is 2.53 bits per heavy atom. The van der Waals surface area contributed by atoms with Crippen molar-refractivity contribution >= 4 is 17.4 Å². The van der Waals surface area contributed by atoms with Crippen molar-refractivity contribution in [2.24, 2.45) is 0 Å². The largest absolute Gasteiger partial charge is 0.363 e. The summed E-state index contributed by atoms with van der Waals surface area (Å²) in [6.07, 6.45) is 0.910. The van der Waals surface area contributed by atoms with Crippen molar-refractivity contribution in [2.45, 2.75) is 33.2 Å². The molecule has 1 unspecified atom stereocenters. The van der Waals surface area contributed by atoms with Gasteiger partial charge in [0.15, 0.2) is 0 Å². The Morgan fingerprint density at radius 2 is 1.89 bits per heavy atom. The van der Waals surface area contributed by atoms with Crippen LogP contribution in [0.5, 0.6) is 0 Å². The molecule has 0 aliphatic rings. The number of anilines is 1. The third kappa shape index (κ3) is 3.67. The van der Waals surface area contributed by atoms with E-state index in [4.69, 9.17) is 11.6 Å². The van der Waals surface area contributed by atoms with E-state index >= 15 is 0 Å². The summed E-state index contributed by atoms with van der Waals surface area (Å²) in [6.45, 7) is 6.11. The summed E-state index contributed by atoms with van der Waals surface area (Å²) in [7, 11) is 0. The molecule has 1 aromatic heterocycles. The van der Waals surface area contributed by atoms with E-state index in [-0.39, 0.29) is 6.04 Å². The van der Waals surface area contributed by atoms with Gasteiger partial charge >= 0.3 is 0 Å². The molecule has 0 aliphatic carbocycles. The Balaban J connectivity index is 2.16. The Labute approximate surface area is 119 Å². The van der Waals surface area contributed by atoms with E-state index in [0.29, 0.717) is 0 Å². The first kappa shape index (κ1) is 13.8. The molecule has 1 heterocycles. The molecule has 0 spiro atoms. The predicted molar refractivity (Wildman–Crippen MR) is 79.6 cm³/mol. The maximum absolute atomic E-state index is 5.90. The Morgan fingerprint density at radius 1 is 1.21 bits per heavy atom. The average molecular weight is 276 g/mol. The van der Waals surface area contributed by atoms with Crippen LogP contribution in [0.3, 0.4) is 0 Å². The number of nitrogens with zero attached hydrogens (tertiary/aromatic N) is 2. The molecule has 19 heavy (non-hydrogen) atoms. The summed E-state index contributed by atoms with van der Waals surface area (Å²) >= 11 is 5.90. The second kappa shape index (κ2) is 6.02. The van der Waals surface area contributed by atoms with Crippen molar-refractivity contribution < 1.29 is 0 Å². The molecule has 0 saturated heterocycles. The van der Waals surface area contributed by atoms with Crippen LogP contribution >= 0.6 is 11.6 Å². The van der Waals surface area contributed by atoms with Gasteiger partial charge in [-0.2, -0.15) is 0 Å². The third-order valence-corrected chi connectivity index (χ3v) is 3.24. The molecule has 4 heteroatoms. The maximum Gasteiger partial charge on any atom is 0.130 e. The third-order valence-electron chi connectivity index (χ3n) is 2.99. The number of aryl methyl sites for hydroxylation is 2. The van der Waals surface area contributed by atoms with Crippen LogP contribution in [0.2, 0.25) is 5.02 Å². The zero-order chi connectivity index (χ0) is 13.8. The number of benzene rings is 1. The molecule has 0 aliphatic heterocycles. The first-order chi connectivity index (χ1) is 9.08. The molecule has 2 rings (SSSR count). The molecule has 0 saturated carbocycles. The van der Waals surface area contributed by atoms with Gasteiger partial charge in [-0.05, 0) is 38.0 Å². The Bertz CT molecular complexity index is 552. The van der Waals surface area contributed by atoms with E-state index < -0.39 is 0 Å². The summed E-state index contributed by atoms with van der Waals surface area (Å²) in [6, 6.07) is 10.0. The van der Waals surface area contributed by atoms with Crippen LogP contribution in [-0.4, -0.2) is 9.97 Å². The van der Waals surface area contributed by atoms with Gasteiger partial charge < -0.3 is 5.32 Å². The quantitative estimate of drug-likeness (QED) is 0.910.